The Kier molecular flexibility index (Phi) is 3.92. The van der Waals surface area contributed by atoms with Crippen molar-refractivity contribution in [2.24, 2.45) is 5.92 Å². The minimum Gasteiger partial charge on any atom is -0.335 e. The van der Waals surface area contributed by atoms with Crippen LogP contribution in [-0.4, -0.2) is 16.2 Å². The molecular formula is C10H19N3O. The fourth-order valence-electron chi connectivity index (χ4n) is 1.22. The molecule has 1 rings (SSSR count). The van der Waals surface area contributed by atoms with Crippen LogP contribution in [0.5, 0.6) is 0 Å². The maximum Gasteiger partial charge on any atom is 0.321 e. The predicted octanol–water partition coefficient (Wildman–Crippen LogP) is 2.61. The molecule has 0 radical (unpaired) electrons. The molecular weight excluding hydrogens is 178 g/mol. The zero-order valence-electron chi connectivity index (χ0n) is 9.37. The molecule has 1 aromatic rings. The second kappa shape index (κ2) is 4.98. The van der Waals surface area contributed by atoms with Gasteiger partial charge in [-0.1, -0.05) is 19.0 Å². The van der Waals surface area contributed by atoms with Crippen molar-refractivity contribution in [3.8, 4) is 0 Å². The molecule has 14 heavy (non-hydrogen) atoms. The molecule has 1 atom stereocenters. The molecule has 0 aromatic carbocycles. The molecule has 80 valence electrons. The zero-order valence-corrected chi connectivity index (χ0v) is 9.37. The highest BCUT2D eigenvalue weighted by atomic mass is 16.5. The lowest BCUT2D eigenvalue weighted by Gasteiger charge is -2.12. The van der Waals surface area contributed by atoms with Crippen LogP contribution in [0.25, 0.3) is 0 Å². The Morgan fingerprint density at radius 1 is 1.29 bits per heavy atom. The number of rotatable bonds is 5. The lowest BCUT2D eigenvalue weighted by atomic mass is 10.0. The smallest absolute Gasteiger partial charge is 0.321 e. The van der Waals surface area contributed by atoms with Crippen molar-refractivity contribution < 1.29 is 4.52 Å². The van der Waals surface area contributed by atoms with E-state index in [-0.39, 0.29) is 0 Å². The van der Waals surface area contributed by atoms with Crippen LogP contribution in [0.3, 0.4) is 0 Å². The third-order valence-electron chi connectivity index (χ3n) is 2.07. The summed E-state index contributed by atoms with van der Waals surface area (Å²) in [5.74, 6) is 1.41. The van der Waals surface area contributed by atoms with Crippen molar-refractivity contribution in [1.82, 2.24) is 10.1 Å². The molecule has 4 heteroatoms. The maximum atomic E-state index is 4.97. The van der Waals surface area contributed by atoms with Crippen LogP contribution < -0.4 is 5.32 Å². The Bertz CT molecular complexity index is 270. The predicted molar refractivity (Wildman–Crippen MR) is 56.2 cm³/mol. The van der Waals surface area contributed by atoms with E-state index in [1.54, 1.807) is 0 Å². The molecule has 0 aliphatic carbocycles. The van der Waals surface area contributed by atoms with Gasteiger partial charge in [-0.05, 0) is 32.6 Å². The molecule has 1 unspecified atom stereocenters. The van der Waals surface area contributed by atoms with Gasteiger partial charge in [0.05, 0.1) is 0 Å². The van der Waals surface area contributed by atoms with Crippen molar-refractivity contribution in [1.29, 1.82) is 0 Å². The van der Waals surface area contributed by atoms with Gasteiger partial charge >= 0.3 is 6.01 Å². The van der Waals surface area contributed by atoms with E-state index in [0.29, 0.717) is 17.9 Å². The van der Waals surface area contributed by atoms with E-state index in [1.165, 1.54) is 6.42 Å². The van der Waals surface area contributed by atoms with Crippen molar-refractivity contribution in [2.45, 2.75) is 46.6 Å². The fraction of sp³-hybridized carbons (Fsp3) is 0.800. The van der Waals surface area contributed by atoms with Crippen LogP contribution in [0.1, 0.15) is 39.4 Å². The minimum atomic E-state index is 0.386. The molecule has 1 aromatic heterocycles. The summed E-state index contributed by atoms with van der Waals surface area (Å²) in [6, 6.07) is 0.913. The van der Waals surface area contributed by atoms with Gasteiger partial charge in [0, 0.05) is 6.04 Å². The number of anilines is 1. The third kappa shape index (κ3) is 3.77. The summed E-state index contributed by atoms with van der Waals surface area (Å²) in [6.07, 6.45) is 2.33. The molecule has 0 fully saturated rings. The summed E-state index contributed by atoms with van der Waals surface area (Å²) in [4.78, 5) is 4.09. The van der Waals surface area contributed by atoms with Gasteiger partial charge in [0.25, 0.3) is 0 Å². The first-order valence-corrected chi connectivity index (χ1v) is 5.14. The van der Waals surface area contributed by atoms with Gasteiger partial charge in [-0.2, -0.15) is 4.98 Å². The molecule has 1 heterocycles. The average molecular weight is 197 g/mol. The van der Waals surface area contributed by atoms with E-state index in [4.69, 9.17) is 4.52 Å². The summed E-state index contributed by atoms with van der Waals surface area (Å²) in [6.45, 7) is 8.39. The Morgan fingerprint density at radius 3 is 2.50 bits per heavy atom. The summed E-state index contributed by atoms with van der Waals surface area (Å²) in [5, 5.41) is 6.89. The lowest BCUT2D eigenvalue weighted by molar-refractivity contribution is 0.418. The Balaban J connectivity index is 2.30. The highest BCUT2D eigenvalue weighted by Crippen LogP contribution is 2.11. The van der Waals surface area contributed by atoms with Crippen LogP contribution in [0.2, 0.25) is 0 Å². The van der Waals surface area contributed by atoms with E-state index in [9.17, 15) is 0 Å². The van der Waals surface area contributed by atoms with Crippen molar-refractivity contribution >= 4 is 6.01 Å². The lowest BCUT2D eigenvalue weighted by Crippen LogP contribution is -2.15. The van der Waals surface area contributed by atoms with Gasteiger partial charge in [-0.3, -0.25) is 0 Å². The van der Waals surface area contributed by atoms with Gasteiger partial charge in [-0.25, -0.2) is 0 Å². The van der Waals surface area contributed by atoms with Crippen LogP contribution in [0.15, 0.2) is 4.52 Å². The molecule has 0 spiro atoms. The van der Waals surface area contributed by atoms with Crippen molar-refractivity contribution in [2.75, 3.05) is 5.32 Å². The Morgan fingerprint density at radius 2 is 2.00 bits per heavy atom. The van der Waals surface area contributed by atoms with E-state index in [0.717, 1.165) is 12.3 Å². The zero-order chi connectivity index (χ0) is 10.6. The molecule has 0 bridgehead atoms. The molecule has 0 aliphatic heterocycles. The topological polar surface area (TPSA) is 51.0 Å². The molecule has 0 aliphatic rings. The number of nitrogens with one attached hydrogen (secondary N) is 1. The molecule has 1 N–H and O–H groups in total. The summed E-state index contributed by atoms with van der Waals surface area (Å²) in [5.41, 5.74) is 0. The first-order chi connectivity index (χ1) is 6.58. The standard InChI is InChI=1S/C10H19N3O/c1-7(2)5-6-8(3)11-10-12-9(4)13-14-10/h7-8H,5-6H2,1-4H3,(H,11,12,13). The van der Waals surface area contributed by atoms with E-state index < -0.39 is 0 Å². The normalized spacial score (nSPS) is 13.2. The number of aryl methyl sites for hydroxylation is 1. The first kappa shape index (κ1) is 11.0. The van der Waals surface area contributed by atoms with Crippen LogP contribution in [0, 0.1) is 12.8 Å². The number of hydrogen-bond acceptors (Lipinski definition) is 4. The van der Waals surface area contributed by atoms with Crippen LogP contribution in [-0.2, 0) is 0 Å². The maximum absolute atomic E-state index is 4.97. The quantitative estimate of drug-likeness (QED) is 0.788. The van der Waals surface area contributed by atoms with Crippen LogP contribution >= 0.6 is 0 Å². The fourth-order valence-corrected chi connectivity index (χ4v) is 1.22. The molecule has 0 saturated heterocycles. The molecule has 0 saturated carbocycles. The van der Waals surface area contributed by atoms with Crippen LogP contribution in [0.4, 0.5) is 6.01 Å². The SMILES string of the molecule is Cc1noc(NC(C)CCC(C)C)n1. The van der Waals surface area contributed by atoms with Gasteiger partial charge in [0.15, 0.2) is 5.82 Å². The Labute approximate surface area is 85.1 Å². The third-order valence-corrected chi connectivity index (χ3v) is 2.07. The van der Waals surface area contributed by atoms with Crippen molar-refractivity contribution in [3.05, 3.63) is 5.82 Å². The van der Waals surface area contributed by atoms with E-state index in [1.807, 2.05) is 6.92 Å². The van der Waals surface area contributed by atoms with Gasteiger partial charge in [0.1, 0.15) is 0 Å². The second-order valence-electron chi connectivity index (χ2n) is 4.16. The number of aromatic nitrogens is 2. The first-order valence-electron chi connectivity index (χ1n) is 5.14. The monoisotopic (exact) mass is 197 g/mol. The largest absolute Gasteiger partial charge is 0.335 e. The van der Waals surface area contributed by atoms with Gasteiger partial charge in [-0.15, -0.1) is 0 Å². The van der Waals surface area contributed by atoms with E-state index >= 15 is 0 Å². The molecule has 0 amide bonds. The number of hydrogen-bond donors (Lipinski definition) is 1. The van der Waals surface area contributed by atoms with E-state index in [2.05, 4.69) is 36.2 Å². The van der Waals surface area contributed by atoms with Gasteiger partial charge in [0.2, 0.25) is 0 Å². The highest BCUT2D eigenvalue weighted by molar-refractivity contribution is 5.19. The second-order valence-corrected chi connectivity index (χ2v) is 4.16. The van der Waals surface area contributed by atoms with Gasteiger partial charge < -0.3 is 9.84 Å². The Hall–Kier alpha value is -1.06. The highest BCUT2D eigenvalue weighted by Gasteiger charge is 2.07. The summed E-state index contributed by atoms with van der Waals surface area (Å²) in [7, 11) is 0. The summed E-state index contributed by atoms with van der Waals surface area (Å²) < 4.78 is 4.97. The summed E-state index contributed by atoms with van der Waals surface area (Å²) >= 11 is 0. The van der Waals surface area contributed by atoms with Crippen molar-refractivity contribution in [3.63, 3.8) is 0 Å². The average Bonchev–Trinajstić information content (AvgIpc) is 2.48. The minimum absolute atomic E-state index is 0.386. The number of nitrogens with zero attached hydrogens (tertiary/aromatic N) is 2. The molecule has 4 nitrogen and oxygen atoms in total.